The molecule has 2 aliphatic rings. The molecule has 3 atom stereocenters. The van der Waals surface area contributed by atoms with E-state index in [1.807, 2.05) is 0 Å². The molecule has 0 unspecified atom stereocenters. The summed E-state index contributed by atoms with van der Waals surface area (Å²) in [5.74, 6) is -6.79. The van der Waals surface area contributed by atoms with Gasteiger partial charge >= 0.3 is 0 Å². The molecule has 2 aromatic carbocycles. The number of carbonyl (C=O) groups excluding carboxylic acids is 1. The van der Waals surface area contributed by atoms with Gasteiger partial charge in [-0.3, -0.25) is 14.3 Å². The zero-order valence-electron chi connectivity index (χ0n) is 28.2. The summed E-state index contributed by atoms with van der Waals surface area (Å²) in [6.07, 6.45) is 0.925. The van der Waals surface area contributed by atoms with Crippen molar-refractivity contribution < 1.29 is 36.2 Å². The van der Waals surface area contributed by atoms with Crippen molar-refractivity contribution >= 4 is 16.6 Å². The summed E-state index contributed by atoms with van der Waals surface area (Å²) in [4.78, 5) is 34.1. The van der Waals surface area contributed by atoms with Crippen LogP contribution in [-0.2, 0) is 29.6 Å². The Labute approximate surface area is 293 Å². The molecule has 0 amide bonds. The first-order chi connectivity index (χ1) is 24.4. The molecule has 2 aliphatic carbocycles. The second kappa shape index (κ2) is 12.5. The number of hydrogen-bond donors (Lipinski definition) is 2. The van der Waals surface area contributed by atoms with Gasteiger partial charge in [-0.2, -0.15) is 22.7 Å². The number of nitrogens with zero attached hydrogens (tertiary/aromatic N) is 3. The average Bonchev–Trinajstić information content (AvgIpc) is 3.70. The van der Waals surface area contributed by atoms with Crippen LogP contribution < -0.4 is 5.56 Å². The van der Waals surface area contributed by atoms with E-state index in [9.17, 15) is 32.3 Å². The molecule has 3 heterocycles. The highest BCUT2D eigenvalue weighted by Gasteiger charge is 2.67. The molecule has 7 nitrogen and oxygen atoms in total. The van der Waals surface area contributed by atoms with Gasteiger partial charge in [0.1, 0.15) is 40.9 Å². The molecule has 0 aliphatic heterocycles. The molecular weight excluding hydrogens is 686 g/mol. The SMILES string of the molecule is CC(C)(O)C#Cc1ccc(-c2cccc3c(=O)[nH]ccc23)c([C@@H](CC(=O)Cn2nc(C(C)(F)F)c3c2C(F)(F)[C@@H]2C[C@H]32)Cc2cc(F)cc(F)c2)n1. The summed E-state index contributed by atoms with van der Waals surface area (Å²) in [5.41, 5.74) is -1.89. The number of pyridine rings is 2. The fraction of sp³-hybridized carbons (Fsp3) is 0.333. The second-order valence-electron chi connectivity index (χ2n) is 14.2. The van der Waals surface area contributed by atoms with E-state index < -0.39 is 77.0 Å². The molecular formula is C39H32F6N4O3. The van der Waals surface area contributed by atoms with Crippen LogP contribution in [0.3, 0.4) is 0 Å². The van der Waals surface area contributed by atoms with E-state index in [1.54, 1.807) is 36.4 Å². The average molecular weight is 719 g/mol. The largest absolute Gasteiger partial charge is 0.378 e. The Hall–Kier alpha value is -5.22. The highest BCUT2D eigenvalue weighted by atomic mass is 19.3. The van der Waals surface area contributed by atoms with Crippen LogP contribution in [0.15, 0.2) is 65.6 Å². The maximum Gasteiger partial charge on any atom is 0.293 e. The van der Waals surface area contributed by atoms with Crippen LogP contribution in [0.1, 0.15) is 79.4 Å². The fourth-order valence-corrected chi connectivity index (χ4v) is 7.25. The van der Waals surface area contributed by atoms with E-state index in [0.29, 0.717) is 39.6 Å². The fourth-order valence-electron chi connectivity index (χ4n) is 7.25. The zero-order valence-corrected chi connectivity index (χ0v) is 28.2. The Kier molecular flexibility index (Phi) is 8.44. The van der Waals surface area contributed by atoms with E-state index in [4.69, 9.17) is 4.98 Å². The van der Waals surface area contributed by atoms with Crippen LogP contribution in [0.25, 0.3) is 21.9 Å². The van der Waals surface area contributed by atoms with Gasteiger partial charge in [-0.15, -0.1) is 0 Å². The number of benzene rings is 2. The maximum absolute atomic E-state index is 15.4. The number of H-pyrrole nitrogens is 1. The Bertz CT molecular complexity index is 2360. The minimum absolute atomic E-state index is 0.0518. The van der Waals surface area contributed by atoms with Crippen LogP contribution in [-0.4, -0.2) is 36.2 Å². The maximum atomic E-state index is 15.4. The molecule has 3 aromatic heterocycles. The third-order valence-electron chi connectivity index (χ3n) is 9.47. The van der Waals surface area contributed by atoms with E-state index in [2.05, 4.69) is 21.9 Å². The van der Waals surface area contributed by atoms with Crippen LogP contribution in [0.4, 0.5) is 26.3 Å². The first-order valence-electron chi connectivity index (χ1n) is 16.6. The van der Waals surface area contributed by atoms with Gasteiger partial charge in [0.15, 0.2) is 5.78 Å². The lowest BCUT2D eigenvalue weighted by Gasteiger charge is -2.22. The molecule has 7 rings (SSSR count). The standard InChI is InChI=1S/C39H32F6N4O3/c1-37(2,52)11-9-24-7-8-28(26-5-4-6-29-27(26)10-12-46-36(29)51)33(47-24)21(13-20-14-22(40)17-23(41)15-20)16-25(50)19-49-35-32(34(48-49)38(3,42)43)30-18-31(30)39(35,44)45/h4-8,10,12,14-15,17,21,30-31,52H,13,16,18-19H2,1-3H3,(H,46,51)/t21-,30+,31-/m1/s1. The minimum Gasteiger partial charge on any atom is -0.378 e. The number of hydrogen-bond acceptors (Lipinski definition) is 5. The van der Waals surface area contributed by atoms with Crippen LogP contribution in [0, 0.1) is 29.4 Å². The molecule has 1 fully saturated rings. The van der Waals surface area contributed by atoms with Crippen molar-refractivity contribution in [3.63, 3.8) is 0 Å². The predicted octanol–water partition coefficient (Wildman–Crippen LogP) is 7.49. The van der Waals surface area contributed by atoms with Crippen LogP contribution in [0.5, 0.6) is 0 Å². The number of alkyl halides is 4. The molecule has 0 bridgehead atoms. The number of aliphatic hydroxyl groups is 1. The van der Waals surface area contributed by atoms with Gasteiger partial charge in [0.05, 0.1) is 5.69 Å². The first kappa shape index (κ1) is 35.2. The molecule has 268 valence electrons. The molecule has 1 saturated carbocycles. The molecule has 0 radical (unpaired) electrons. The van der Waals surface area contributed by atoms with E-state index in [0.717, 1.165) is 12.1 Å². The Morgan fingerprint density at radius 2 is 1.79 bits per heavy atom. The van der Waals surface area contributed by atoms with Crippen LogP contribution >= 0.6 is 0 Å². The molecule has 52 heavy (non-hydrogen) atoms. The first-order valence-corrected chi connectivity index (χ1v) is 16.6. The molecule has 0 saturated heterocycles. The Morgan fingerprint density at radius 3 is 2.48 bits per heavy atom. The van der Waals surface area contributed by atoms with E-state index >= 15 is 8.78 Å². The third-order valence-corrected chi connectivity index (χ3v) is 9.47. The number of halogens is 6. The monoisotopic (exact) mass is 718 g/mol. The third kappa shape index (κ3) is 6.63. The number of Topliss-reactive ketones (excluding diaryl/α,β-unsaturated/α-hetero) is 1. The minimum atomic E-state index is -3.53. The molecule has 2 N–H and O–H groups in total. The zero-order chi connectivity index (χ0) is 37.3. The van der Waals surface area contributed by atoms with Gasteiger partial charge in [0, 0.05) is 54.0 Å². The summed E-state index contributed by atoms with van der Waals surface area (Å²) < 4.78 is 89.7. The van der Waals surface area contributed by atoms with Crippen molar-refractivity contribution in [3.8, 4) is 23.0 Å². The van der Waals surface area contributed by atoms with Gasteiger partial charge in [-0.25, -0.2) is 13.8 Å². The van der Waals surface area contributed by atoms with Crippen molar-refractivity contribution in [1.82, 2.24) is 19.7 Å². The summed E-state index contributed by atoms with van der Waals surface area (Å²) in [6.45, 7) is 2.76. The number of fused-ring (bicyclic) bond motifs is 4. The van der Waals surface area contributed by atoms with Crippen LogP contribution in [0.2, 0.25) is 0 Å². The van der Waals surface area contributed by atoms with Gasteiger partial charge in [0.25, 0.3) is 17.4 Å². The van der Waals surface area contributed by atoms with Crippen molar-refractivity contribution in [2.45, 2.75) is 75.9 Å². The summed E-state index contributed by atoms with van der Waals surface area (Å²) in [7, 11) is 0. The van der Waals surface area contributed by atoms with Crippen molar-refractivity contribution in [2.24, 2.45) is 5.92 Å². The number of nitrogens with one attached hydrogen (secondary N) is 1. The van der Waals surface area contributed by atoms with Crippen molar-refractivity contribution in [2.75, 3.05) is 0 Å². The lowest BCUT2D eigenvalue weighted by atomic mass is 9.85. The smallest absolute Gasteiger partial charge is 0.293 e. The summed E-state index contributed by atoms with van der Waals surface area (Å²) >= 11 is 0. The number of aromatic amines is 1. The highest BCUT2D eigenvalue weighted by molar-refractivity contribution is 5.96. The predicted molar refractivity (Wildman–Crippen MR) is 180 cm³/mol. The highest BCUT2D eigenvalue weighted by Crippen LogP contribution is 2.68. The Morgan fingerprint density at radius 1 is 1.06 bits per heavy atom. The molecule has 13 heteroatoms. The number of rotatable bonds is 9. The van der Waals surface area contributed by atoms with Gasteiger partial charge < -0.3 is 10.1 Å². The van der Waals surface area contributed by atoms with Gasteiger partial charge in [0.2, 0.25) is 0 Å². The molecule has 5 aromatic rings. The van der Waals surface area contributed by atoms with E-state index in [1.165, 1.54) is 20.0 Å². The lowest BCUT2D eigenvalue weighted by Crippen LogP contribution is -2.24. The lowest BCUT2D eigenvalue weighted by molar-refractivity contribution is -0.120. The van der Waals surface area contributed by atoms with Gasteiger partial charge in [-0.05, 0) is 91.4 Å². The number of ketones is 1. The Balaban J connectivity index is 1.36. The van der Waals surface area contributed by atoms with Crippen molar-refractivity contribution in [1.29, 1.82) is 0 Å². The summed E-state index contributed by atoms with van der Waals surface area (Å²) in [5, 5.41) is 15.0. The van der Waals surface area contributed by atoms with Gasteiger partial charge in [-0.1, -0.05) is 18.1 Å². The quantitative estimate of drug-likeness (QED) is 0.122. The normalized spacial score (nSPS) is 18.0. The summed E-state index contributed by atoms with van der Waals surface area (Å²) in [6, 6.07) is 12.8. The topological polar surface area (TPSA) is 101 Å². The number of aromatic nitrogens is 4. The number of carbonyl (C=O) groups is 1. The van der Waals surface area contributed by atoms with Crippen molar-refractivity contribution in [3.05, 3.63) is 117 Å². The van der Waals surface area contributed by atoms with E-state index in [-0.39, 0.29) is 40.9 Å². The molecule has 0 spiro atoms. The second-order valence-corrected chi connectivity index (χ2v) is 14.2.